The van der Waals surface area contributed by atoms with Crippen LogP contribution in [0.15, 0.2) is 23.3 Å². The predicted molar refractivity (Wildman–Crippen MR) is 85.9 cm³/mol. The van der Waals surface area contributed by atoms with Crippen molar-refractivity contribution in [1.82, 2.24) is 0 Å². The average Bonchev–Trinajstić information content (AvgIpc) is 2.83. The molecule has 114 valence electrons. The van der Waals surface area contributed by atoms with Gasteiger partial charge in [-0.2, -0.15) is 0 Å². The van der Waals surface area contributed by atoms with Crippen molar-refractivity contribution in [2.24, 2.45) is 29.1 Å². The molecular formula is C20H28O. The maximum Gasteiger partial charge on any atom is 0.155 e. The van der Waals surface area contributed by atoms with Crippen LogP contribution in [-0.4, -0.2) is 5.78 Å². The molecule has 1 heteroatoms. The first kappa shape index (κ1) is 13.8. The Hall–Kier alpha value is -0.850. The van der Waals surface area contributed by atoms with Crippen molar-refractivity contribution < 1.29 is 4.79 Å². The summed E-state index contributed by atoms with van der Waals surface area (Å²) in [5.74, 6) is 3.82. The molecule has 0 aromatic carbocycles. The Balaban J connectivity index is 1.62. The van der Waals surface area contributed by atoms with Crippen LogP contribution in [0.25, 0.3) is 0 Å². The molecule has 3 unspecified atom stereocenters. The molecule has 0 N–H and O–H groups in total. The topological polar surface area (TPSA) is 17.1 Å². The van der Waals surface area contributed by atoms with Crippen molar-refractivity contribution in [2.75, 3.05) is 0 Å². The summed E-state index contributed by atoms with van der Waals surface area (Å²) in [7, 11) is 0. The Morgan fingerprint density at radius 2 is 2.05 bits per heavy atom. The molecule has 2 saturated carbocycles. The molecule has 0 bridgehead atoms. The zero-order valence-electron chi connectivity index (χ0n) is 13.5. The fraction of sp³-hybridized carbons (Fsp3) is 0.750. The van der Waals surface area contributed by atoms with Gasteiger partial charge in [-0.25, -0.2) is 0 Å². The highest BCUT2D eigenvalue weighted by atomic mass is 16.1. The van der Waals surface area contributed by atoms with Gasteiger partial charge in [-0.3, -0.25) is 4.79 Å². The van der Waals surface area contributed by atoms with Gasteiger partial charge >= 0.3 is 0 Å². The Labute approximate surface area is 128 Å². The lowest BCUT2D eigenvalue weighted by Crippen LogP contribution is -2.45. The molecule has 0 spiro atoms. The third kappa shape index (κ3) is 1.92. The van der Waals surface area contributed by atoms with Gasteiger partial charge in [0.05, 0.1) is 0 Å². The van der Waals surface area contributed by atoms with Gasteiger partial charge in [0, 0.05) is 6.42 Å². The van der Waals surface area contributed by atoms with E-state index in [2.05, 4.69) is 19.9 Å². The molecule has 5 atom stereocenters. The minimum Gasteiger partial charge on any atom is -0.295 e. The minimum absolute atomic E-state index is 0.385. The normalized spacial score (nSPS) is 45.3. The van der Waals surface area contributed by atoms with Crippen LogP contribution in [0.1, 0.15) is 65.2 Å². The zero-order valence-corrected chi connectivity index (χ0v) is 13.5. The molecule has 2 fully saturated rings. The van der Waals surface area contributed by atoms with Gasteiger partial charge in [-0.15, -0.1) is 0 Å². The number of rotatable bonds is 1. The number of allylic oxidation sites excluding steroid dienone is 4. The van der Waals surface area contributed by atoms with E-state index in [-0.39, 0.29) is 0 Å². The molecule has 0 aliphatic heterocycles. The van der Waals surface area contributed by atoms with Crippen LogP contribution in [-0.2, 0) is 4.79 Å². The van der Waals surface area contributed by atoms with Crippen LogP contribution in [0.3, 0.4) is 0 Å². The van der Waals surface area contributed by atoms with Gasteiger partial charge < -0.3 is 0 Å². The number of hydrogen-bond acceptors (Lipinski definition) is 1. The van der Waals surface area contributed by atoms with E-state index in [0.717, 1.165) is 36.5 Å². The van der Waals surface area contributed by atoms with Crippen LogP contribution in [0.2, 0.25) is 0 Å². The second kappa shape index (κ2) is 4.83. The Morgan fingerprint density at radius 3 is 2.86 bits per heavy atom. The van der Waals surface area contributed by atoms with Crippen molar-refractivity contribution in [3.63, 3.8) is 0 Å². The second-order valence-electron chi connectivity index (χ2n) is 8.08. The van der Waals surface area contributed by atoms with E-state index < -0.39 is 0 Å². The minimum atomic E-state index is 0.385. The van der Waals surface area contributed by atoms with Gasteiger partial charge in [0.1, 0.15) is 0 Å². The van der Waals surface area contributed by atoms with E-state index in [1.807, 2.05) is 6.08 Å². The van der Waals surface area contributed by atoms with Crippen LogP contribution < -0.4 is 0 Å². The van der Waals surface area contributed by atoms with Gasteiger partial charge in [0.2, 0.25) is 0 Å². The quantitative estimate of drug-likeness (QED) is 0.614. The van der Waals surface area contributed by atoms with Crippen molar-refractivity contribution in [3.8, 4) is 0 Å². The van der Waals surface area contributed by atoms with E-state index in [1.54, 1.807) is 5.57 Å². The molecule has 0 aromatic rings. The Kier molecular flexibility index (Phi) is 3.17. The predicted octanol–water partition coefficient (Wildman–Crippen LogP) is 5.07. The van der Waals surface area contributed by atoms with Crippen molar-refractivity contribution in [3.05, 3.63) is 23.3 Å². The maximum atomic E-state index is 11.7. The summed E-state index contributed by atoms with van der Waals surface area (Å²) in [6, 6.07) is 0. The lowest BCUT2D eigenvalue weighted by Gasteiger charge is -2.53. The molecule has 0 saturated heterocycles. The highest BCUT2D eigenvalue weighted by Crippen LogP contribution is 2.62. The number of ketones is 1. The van der Waals surface area contributed by atoms with Crippen molar-refractivity contribution >= 4 is 5.78 Å². The monoisotopic (exact) mass is 284 g/mol. The molecule has 21 heavy (non-hydrogen) atoms. The summed E-state index contributed by atoms with van der Waals surface area (Å²) >= 11 is 0. The lowest BCUT2D eigenvalue weighted by molar-refractivity contribution is -0.116. The van der Waals surface area contributed by atoms with Crippen molar-refractivity contribution in [2.45, 2.75) is 65.2 Å². The summed E-state index contributed by atoms with van der Waals surface area (Å²) in [6.07, 6.45) is 14.4. The molecular weight excluding hydrogens is 256 g/mol. The molecule has 0 aromatic heterocycles. The maximum absolute atomic E-state index is 11.7. The van der Waals surface area contributed by atoms with Crippen LogP contribution in [0.5, 0.6) is 0 Å². The standard InChI is InChI=1S/C20H28O/c1-3-14-5-9-19-18-7-4-13-12-15(21)6-8-16(13)17(18)10-11-20(14,19)2/h5,12,16-19H,3-4,6-11H2,1-2H3/t16-,17?,18?,19?,20+/m0/s1. The fourth-order valence-corrected chi connectivity index (χ4v) is 6.38. The first-order valence-corrected chi connectivity index (χ1v) is 9.06. The third-order valence-electron chi connectivity index (χ3n) is 7.42. The van der Waals surface area contributed by atoms with E-state index in [1.165, 1.54) is 44.1 Å². The molecule has 4 rings (SSSR count). The number of hydrogen-bond donors (Lipinski definition) is 0. The molecule has 0 amide bonds. The van der Waals surface area contributed by atoms with Gasteiger partial charge in [-0.1, -0.05) is 31.1 Å². The summed E-state index contributed by atoms with van der Waals surface area (Å²) in [5.41, 5.74) is 3.76. The first-order valence-electron chi connectivity index (χ1n) is 9.06. The van der Waals surface area contributed by atoms with Crippen LogP contribution in [0, 0.1) is 29.1 Å². The Bertz CT molecular complexity index is 526. The first-order chi connectivity index (χ1) is 10.1. The van der Waals surface area contributed by atoms with Gasteiger partial charge in [-0.05, 0) is 80.1 Å². The summed E-state index contributed by atoms with van der Waals surface area (Å²) in [4.78, 5) is 11.7. The molecule has 0 heterocycles. The second-order valence-corrected chi connectivity index (χ2v) is 8.08. The number of fused-ring (bicyclic) bond motifs is 5. The third-order valence-corrected chi connectivity index (χ3v) is 7.42. The largest absolute Gasteiger partial charge is 0.295 e. The lowest BCUT2D eigenvalue weighted by atomic mass is 9.51. The van der Waals surface area contributed by atoms with E-state index in [9.17, 15) is 4.79 Å². The molecule has 1 nitrogen and oxygen atoms in total. The van der Waals surface area contributed by atoms with Gasteiger partial charge in [0.15, 0.2) is 5.78 Å². The smallest absolute Gasteiger partial charge is 0.155 e. The van der Waals surface area contributed by atoms with E-state index in [4.69, 9.17) is 0 Å². The average molecular weight is 284 g/mol. The zero-order chi connectivity index (χ0) is 14.6. The van der Waals surface area contributed by atoms with Crippen LogP contribution >= 0.6 is 0 Å². The van der Waals surface area contributed by atoms with Crippen molar-refractivity contribution in [1.29, 1.82) is 0 Å². The molecule has 4 aliphatic rings. The number of carbonyl (C=O) groups is 1. The highest BCUT2D eigenvalue weighted by Gasteiger charge is 2.52. The highest BCUT2D eigenvalue weighted by molar-refractivity contribution is 5.91. The Morgan fingerprint density at radius 1 is 1.19 bits per heavy atom. The van der Waals surface area contributed by atoms with Gasteiger partial charge in [0.25, 0.3) is 0 Å². The number of carbonyl (C=O) groups excluding carboxylic acids is 1. The summed E-state index contributed by atoms with van der Waals surface area (Å²) < 4.78 is 0. The fourth-order valence-electron chi connectivity index (χ4n) is 6.38. The summed E-state index contributed by atoms with van der Waals surface area (Å²) in [6.45, 7) is 4.88. The molecule has 4 aliphatic carbocycles. The molecule has 0 radical (unpaired) electrons. The SMILES string of the molecule is CCC1=CCC2C3CCC4=CC(=O)CC[C@@H]4C3CC[C@]12C. The summed E-state index contributed by atoms with van der Waals surface area (Å²) in [5, 5.41) is 0. The van der Waals surface area contributed by atoms with E-state index in [0.29, 0.717) is 11.2 Å². The van der Waals surface area contributed by atoms with E-state index >= 15 is 0 Å². The van der Waals surface area contributed by atoms with Crippen LogP contribution in [0.4, 0.5) is 0 Å².